The van der Waals surface area contributed by atoms with E-state index < -0.39 is 11.8 Å². The summed E-state index contributed by atoms with van der Waals surface area (Å²) < 4.78 is 5.70. The average Bonchev–Trinajstić information content (AvgIpc) is 2.73. The molecule has 1 aliphatic rings. The minimum absolute atomic E-state index is 0.468. The first-order valence-corrected chi connectivity index (χ1v) is 9.14. The van der Waals surface area contributed by atoms with Crippen LogP contribution in [0, 0.1) is 0 Å². The predicted molar refractivity (Wildman–Crippen MR) is 105 cm³/mol. The minimum atomic E-state index is -0.766. The third kappa shape index (κ3) is 5.95. The van der Waals surface area contributed by atoms with Crippen molar-refractivity contribution in [2.45, 2.75) is 38.7 Å². The number of hydrogen-bond acceptors (Lipinski definition) is 4. The quantitative estimate of drug-likeness (QED) is 0.627. The number of rotatable bonds is 5. The van der Waals surface area contributed by atoms with Crippen molar-refractivity contribution >= 4 is 23.2 Å². The zero-order valence-electron chi connectivity index (χ0n) is 15.1. The van der Waals surface area contributed by atoms with E-state index in [2.05, 4.69) is 15.8 Å². The SMILES string of the molecule is O=C(NN=C1CCCCC1)C(=O)Nc1ccc(OCc2ccccc2)cc1. The van der Waals surface area contributed by atoms with Crippen molar-refractivity contribution in [3.8, 4) is 5.75 Å². The van der Waals surface area contributed by atoms with E-state index in [1.165, 1.54) is 6.42 Å². The van der Waals surface area contributed by atoms with E-state index in [-0.39, 0.29) is 0 Å². The molecular formula is C21H23N3O3. The fraction of sp³-hybridized carbons (Fsp3) is 0.286. The molecule has 2 aromatic carbocycles. The molecule has 6 nitrogen and oxygen atoms in total. The lowest BCUT2D eigenvalue weighted by Crippen LogP contribution is -2.33. The molecule has 0 aromatic heterocycles. The Balaban J connectivity index is 1.46. The molecule has 140 valence electrons. The van der Waals surface area contributed by atoms with E-state index in [1.54, 1.807) is 24.3 Å². The van der Waals surface area contributed by atoms with E-state index in [1.807, 2.05) is 30.3 Å². The number of nitrogens with one attached hydrogen (secondary N) is 2. The van der Waals surface area contributed by atoms with Crippen molar-refractivity contribution in [1.82, 2.24) is 5.43 Å². The van der Waals surface area contributed by atoms with Crippen LogP contribution in [0.5, 0.6) is 5.75 Å². The first kappa shape index (κ1) is 18.6. The van der Waals surface area contributed by atoms with Crippen LogP contribution in [0.15, 0.2) is 59.7 Å². The molecule has 0 bridgehead atoms. The summed E-state index contributed by atoms with van der Waals surface area (Å²) in [6.07, 6.45) is 5.12. The molecule has 1 fully saturated rings. The van der Waals surface area contributed by atoms with Gasteiger partial charge in [-0.1, -0.05) is 36.8 Å². The molecule has 0 atom stereocenters. The number of ether oxygens (including phenoxy) is 1. The number of hydrazone groups is 1. The van der Waals surface area contributed by atoms with Crippen LogP contribution in [0.25, 0.3) is 0 Å². The molecule has 0 spiro atoms. The number of hydrogen-bond donors (Lipinski definition) is 2. The molecule has 1 saturated carbocycles. The first-order valence-electron chi connectivity index (χ1n) is 9.14. The maximum absolute atomic E-state index is 12.0. The molecule has 0 unspecified atom stereocenters. The topological polar surface area (TPSA) is 79.8 Å². The van der Waals surface area contributed by atoms with E-state index in [9.17, 15) is 9.59 Å². The van der Waals surface area contributed by atoms with Gasteiger partial charge >= 0.3 is 11.8 Å². The van der Waals surface area contributed by atoms with Gasteiger partial charge in [0.25, 0.3) is 0 Å². The highest BCUT2D eigenvalue weighted by atomic mass is 16.5. The second kappa shape index (κ2) is 9.52. The van der Waals surface area contributed by atoms with Crippen LogP contribution in [0.4, 0.5) is 5.69 Å². The van der Waals surface area contributed by atoms with Gasteiger partial charge < -0.3 is 10.1 Å². The lowest BCUT2D eigenvalue weighted by atomic mass is 9.99. The predicted octanol–water partition coefficient (Wildman–Crippen LogP) is 3.64. The normalized spacial score (nSPS) is 13.6. The molecule has 2 amide bonds. The molecule has 1 aliphatic carbocycles. The summed E-state index contributed by atoms with van der Waals surface area (Å²) in [5, 5.41) is 6.60. The van der Waals surface area contributed by atoms with E-state index >= 15 is 0 Å². The van der Waals surface area contributed by atoms with Crippen molar-refractivity contribution in [2.24, 2.45) is 5.10 Å². The van der Waals surface area contributed by atoms with Gasteiger partial charge in [-0.05, 0) is 55.5 Å². The first-order chi connectivity index (χ1) is 13.2. The number of benzene rings is 2. The average molecular weight is 365 g/mol. The summed E-state index contributed by atoms with van der Waals surface area (Å²) in [7, 11) is 0. The Bertz CT molecular complexity index is 793. The second-order valence-corrected chi connectivity index (χ2v) is 6.43. The zero-order valence-corrected chi connectivity index (χ0v) is 15.1. The second-order valence-electron chi connectivity index (χ2n) is 6.43. The minimum Gasteiger partial charge on any atom is -0.489 e. The molecule has 2 N–H and O–H groups in total. The van der Waals surface area contributed by atoms with Gasteiger partial charge in [-0.3, -0.25) is 9.59 Å². The molecule has 0 heterocycles. The van der Waals surface area contributed by atoms with Crippen molar-refractivity contribution in [1.29, 1.82) is 0 Å². The van der Waals surface area contributed by atoms with Gasteiger partial charge in [-0.2, -0.15) is 5.10 Å². The summed E-state index contributed by atoms with van der Waals surface area (Å²) in [6, 6.07) is 16.7. The van der Waals surface area contributed by atoms with E-state index in [4.69, 9.17) is 4.74 Å². The van der Waals surface area contributed by atoms with Crippen molar-refractivity contribution in [3.05, 3.63) is 60.2 Å². The van der Waals surface area contributed by atoms with Gasteiger partial charge in [-0.25, -0.2) is 5.43 Å². The van der Waals surface area contributed by atoms with Gasteiger partial charge in [0.2, 0.25) is 0 Å². The monoisotopic (exact) mass is 365 g/mol. The zero-order chi connectivity index (χ0) is 18.9. The standard InChI is InChI=1S/C21H23N3O3/c25-20(21(26)24-23-18-9-5-2-6-10-18)22-17-11-13-19(14-12-17)27-15-16-7-3-1-4-8-16/h1,3-4,7-8,11-14H,2,5-6,9-10,15H2,(H,22,25)(H,24,26). The molecule has 6 heteroatoms. The number of carbonyl (C=O) groups excluding carboxylic acids is 2. The Morgan fingerprint density at radius 1 is 0.889 bits per heavy atom. The van der Waals surface area contributed by atoms with Crippen LogP contribution in [-0.2, 0) is 16.2 Å². The van der Waals surface area contributed by atoms with Gasteiger partial charge in [0.15, 0.2) is 0 Å². The highest BCUT2D eigenvalue weighted by molar-refractivity contribution is 6.39. The van der Waals surface area contributed by atoms with Gasteiger partial charge in [-0.15, -0.1) is 0 Å². The lowest BCUT2D eigenvalue weighted by Gasteiger charge is -2.12. The van der Waals surface area contributed by atoms with E-state index in [0.29, 0.717) is 18.0 Å². The highest BCUT2D eigenvalue weighted by Crippen LogP contribution is 2.17. The summed E-state index contributed by atoms with van der Waals surface area (Å²) >= 11 is 0. The summed E-state index contributed by atoms with van der Waals surface area (Å²) in [6.45, 7) is 0.468. The summed E-state index contributed by atoms with van der Waals surface area (Å²) in [5.41, 5.74) is 4.88. The van der Waals surface area contributed by atoms with Crippen LogP contribution in [0.2, 0.25) is 0 Å². The lowest BCUT2D eigenvalue weighted by molar-refractivity contribution is -0.136. The fourth-order valence-corrected chi connectivity index (χ4v) is 2.82. The van der Waals surface area contributed by atoms with Crippen molar-refractivity contribution in [3.63, 3.8) is 0 Å². The number of amides is 2. The number of carbonyl (C=O) groups is 2. The molecule has 3 rings (SSSR count). The third-order valence-corrected chi connectivity index (χ3v) is 4.31. The summed E-state index contributed by atoms with van der Waals surface area (Å²) in [4.78, 5) is 23.8. The van der Waals surface area contributed by atoms with Gasteiger partial charge in [0, 0.05) is 11.4 Å². The fourth-order valence-electron chi connectivity index (χ4n) is 2.82. The largest absolute Gasteiger partial charge is 0.489 e. The van der Waals surface area contributed by atoms with Crippen LogP contribution in [-0.4, -0.2) is 17.5 Å². The number of nitrogens with zero attached hydrogens (tertiary/aromatic N) is 1. The number of anilines is 1. The Labute approximate surface area is 158 Å². The molecule has 0 aliphatic heterocycles. The molecule has 2 aromatic rings. The van der Waals surface area contributed by atoms with Crippen LogP contribution >= 0.6 is 0 Å². The van der Waals surface area contributed by atoms with Gasteiger partial charge in [0.05, 0.1) is 0 Å². The highest BCUT2D eigenvalue weighted by Gasteiger charge is 2.14. The third-order valence-electron chi connectivity index (χ3n) is 4.31. The summed E-state index contributed by atoms with van der Waals surface area (Å²) in [5.74, 6) is -0.824. The molecular weight excluding hydrogens is 342 g/mol. The van der Waals surface area contributed by atoms with Crippen LogP contribution in [0.1, 0.15) is 37.7 Å². The Morgan fingerprint density at radius 3 is 2.30 bits per heavy atom. The maximum atomic E-state index is 12.0. The van der Waals surface area contributed by atoms with Crippen molar-refractivity contribution in [2.75, 3.05) is 5.32 Å². The Morgan fingerprint density at radius 2 is 1.59 bits per heavy atom. The van der Waals surface area contributed by atoms with Gasteiger partial charge in [0.1, 0.15) is 12.4 Å². The maximum Gasteiger partial charge on any atom is 0.329 e. The molecule has 0 saturated heterocycles. The molecule has 0 radical (unpaired) electrons. The van der Waals surface area contributed by atoms with E-state index in [0.717, 1.165) is 37.0 Å². The van der Waals surface area contributed by atoms with Crippen LogP contribution in [0.3, 0.4) is 0 Å². The Kier molecular flexibility index (Phi) is 6.57. The van der Waals surface area contributed by atoms with Crippen molar-refractivity contribution < 1.29 is 14.3 Å². The van der Waals surface area contributed by atoms with Crippen LogP contribution < -0.4 is 15.5 Å². The molecule has 27 heavy (non-hydrogen) atoms. The smallest absolute Gasteiger partial charge is 0.329 e. The Hall–Kier alpha value is -3.15.